The van der Waals surface area contributed by atoms with E-state index in [1.54, 1.807) is 4.90 Å². The third-order valence-corrected chi connectivity index (χ3v) is 9.61. The molecule has 7 rings (SSSR count). The fraction of sp³-hybridized carbons (Fsp3) is 0.364. The summed E-state index contributed by atoms with van der Waals surface area (Å²) in [5.41, 5.74) is 3.24. The Bertz CT molecular complexity index is 1700. The first kappa shape index (κ1) is 28.6. The summed E-state index contributed by atoms with van der Waals surface area (Å²) >= 11 is 0. The van der Waals surface area contributed by atoms with E-state index >= 15 is 0 Å². The van der Waals surface area contributed by atoms with E-state index in [-0.39, 0.29) is 24.3 Å². The number of nitrogens with zero attached hydrogens (tertiary/aromatic N) is 5. The van der Waals surface area contributed by atoms with Crippen molar-refractivity contribution in [3.05, 3.63) is 89.5 Å². The number of benzene rings is 3. The number of rotatable bonds is 4. The first-order chi connectivity index (χ1) is 21.8. The van der Waals surface area contributed by atoms with Gasteiger partial charge >= 0.3 is 18.3 Å². The van der Waals surface area contributed by atoms with Gasteiger partial charge in [0.25, 0.3) is 0 Å². The average Bonchev–Trinajstić information content (AvgIpc) is 3.77. The molecule has 232 valence electrons. The zero-order valence-electron chi connectivity index (χ0n) is 25.3. The van der Waals surface area contributed by atoms with Gasteiger partial charge in [0.1, 0.15) is 30.2 Å². The summed E-state index contributed by atoms with van der Waals surface area (Å²) in [6, 6.07) is 22.7. The first-order valence-electron chi connectivity index (χ1n) is 14.9. The molecule has 0 radical (unpaired) electrons. The van der Waals surface area contributed by atoms with Crippen molar-refractivity contribution in [3.63, 3.8) is 0 Å². The van der Waals surface area contributed by atoms with E-state index in [1.165, 1.54) is 24.0 Å². The minimum atomic E-state index is -1.07. The van der Waals surface area contributed by atoms with Crippen molar-refractivity contribution in [1.82, 2.24) is 9.80 Å². The molecule has 0 aromatic heterocycles. The van der Waals surface area contributed by atoms with Crippen LogP contribution in [0.1, 0.15) is 36.5 Å². The van der Waals surface area contributed by atoms with E-state index in [1.807, 2.05) is 72.8 Å². The van der Waals surface area contributed by atoms with Gasteiger partial charge in [0, 0.05) is 30.5 Å². The van der Waals surface area contributed by atoms with Gasteiger partial charge in [0.15, 0.2) is 0 Å². The van der Waals surface area contributed by atoms with Crippen LogP contribution in [0.4, 0.5) is 31.4 Å². The Morgan fingerprint density at radius 1 is 0.844 bits per heavy atom. The van der Waals surface area contributed by atoms with E-state index in [9.17, 15) is 14.4 Å². The Morgan fingerprint density at radius 3 is 2.31 bits per heavy atom. The Labute approximate surface area is 260 Å². The number of para-hydroxylation sites is 2. The molecule has 4 aliphatic heterocycles. The summed E-state index contributed by atoms with van der Waals surface area (Å²) in [4.78, 5) is 44.1. The van der Waals surface area contributed by atoms with Crippen LogP contribution in [0.3, 0.4) is 0 Å². The van der Waals surface area contributed by atoms with Crippen molar-refractivity contribution in [3.8, 4) is 0 Å². The summed E-state index contributed by atoms with van der Waals surface area (Å²) in [5.74, 6) is 0. The molecule has 2 fully saturated rings. The van der Waals surface area contributed by atoms with Crippen LogP contribution in [-0.4, -0.2) is 67.7 Å². The number of hydrogen-bond acceptors (Lipinski definition) is 9. The van der Waals surface area contributed by atoms with E-state index in [2.05, 4.69) is 12.2 Å². The number of likely N-dealkylation sites (tertiary alicyclic amines) is 2. The molecular weight excluding hydrogens is 576 g/mol. The number of anilines is 2. The summed E-state index contributed by atoms with van der Waals surface area (Å²) in [5, 5.41) is 13.3. The van der Waals surface area contributed by atoms with Crippen LogP contribution >= 0.6 is 0 Å². The molecule has 3 amide bonds. The molecule has 3 aromatic carbocycles. The zero-order chi connectivity index (χ0) is 31.3. The maximum Gasteiger partial charge on any atom is 0.416 e. The Morgan fingerprint density at radius 2 is 1.53 bits per heavy atom. The summed E-state index contributed by atoms with van der Waals surface area (Å²) in [6.45, 7) is 3.08. The first-order valence-corrected chi connectivity index (χ1v) is 14.9. The van der Waals surface area contributed by atoms with Crippen molar-refractivity contribution < 1.29 is 28.6 Å². The van der Waals surface area contributed by atoms with Crippen LogP contribution in [0.2, 0.25) is 0 Å². The molecule has 3 aromatic rings. The van der Waals surface area contributed by atoms with Crippen molar-refractivity contribution in [1.29, 1.82) is 0 Å². The molecule has 0 aliphatic carbocycles. The second kappa shape index (κ2) is 10.8. The smallest absolute Gasteiger partial charge is 0.416 e. The highest BCUT2D eigenvalue weighted by Crippen LogP contribution is 2.55. The van der Waals surface area contributed by atoms with E-state index in [0.29, 0.717) is 30.9 Å². The minimum absolute atomic E-state index is 0.0716. The number of nitrogens with one attached hydrogen (secondary N) is 1. The van der Waals surface area contributed by atoms with Gasteiger partial charge in [-0.05, 0) is 29.7 Å². The predicted octanol–water partition coefficient (Wildman–Crippen LogP) is 6.10. The van der Waals surface area contributed by atoms with Crippen molar-refractivity contribution in [2.45, 2.75) is 49.7 Å². The molecule has 2 saturated heterocycles. The molecule has 4 aliphatic rings. The van der Waals surface area contributed by atoms with Gasteiger partial charge in [0.2, 0.25) is 0 Å². The van der Waals surface area contributed by atoms with E-state index in [4.69, 9.17) is 24.4 Å². The molecule has 0 spiro atoms. The van der Waals surface area contributed by atoms with Crippen LogP contribution in [0, 0.1) is 0 Å². The zero-order valence-corrected chi connectivity index (χ0v) is 25.3. The Hall–Kier alpha value is -5.13. The third kappa shape index (κ3) is 4.30. The summed E-state index contributed by atoms with van der Waals surface area (Å²) in [6.07, 6.45) is -1.53. The van der Waals surface area contributed by atoms with Crippen LogP contribution in [0.5, 0.6) is 0 Å². The second-order valence-corrected chi connectivity index (χ2v) is 11.9. The molecular formula is C33H34N6O6. The maximum atomic E-state index is 13.8. The molecule has 0 bridgehead atoms. The number of azo groups is 1. The van der Waals surface area contributed by atoms with Gasteiger partial charge in [-0.15, -0.1) is 0 Å². The van der Waals surface area contributed by atoms with Crippen LogP contribution in [0.15, 0.2) is 83.0 Å². The molecule has 45 heavy (non-hydrogen) atoms. The molecule has 2 unspecified atom stereocenters. The number of methoxy groups -OCH3 is 2. The SMILES string of the molecule is COC(=O)N1CC[C@]2(N=Nc3cccc4c3NC3N(C(=O)OC)CC[C@]43C)c3ccccc3N(C(=O)OCc3ccccc3)C12. The molecule has 12 nitrogen and oxygen atoms in total. The van der Waals surface area contributed by atoms with Gasteiger partial charge in [-0.1, -0.05) is 67.6 Å². The molecule has 1 N–H and O–H groups in total. The summed E-state index contributed by atoms with van der Waals surface area (Å²) < 4.78 is 16.0. The highest BCUT2D eigenvalue weighted by atomic mass is 16.6. The monoisotopic (exact) mass is 610 g/mol. The lowest BCUT2D eigenvalue weighted by molar-refractivity contribution is 0.104. The van der Waals surface area contributed by atoms with Gasteiger partial charge in [-0.25, -0.2) is 14.4 Å². The third-order valence-electron chi connectivity index (χ3n) is 9.61. The quantitative estimate of drug-likeness (QED) is 0.279. The minimum Gasteiger partial charge on any atom is -0.453 e. The average molecular weight is 611 g/mol. The maximum absolute atomic E-state index is 13.8. The highest BCUT2D eigenvalue weighted by Gasteiger charge is 2.62. The van der Waals surface area contributed by atoms with Crippen molar-refractivity contribution >= 4 is 35.3 Å². The van der Waals surface area contributed by atoms with Gasteiger partial charge in [0.05, 0.1) is 25.6 Å². The largest absolute Gasteiger partial charge is 0.453 e. The van der Waals surface area contributed by atoms with Crippen LogP contribution in [-0.2, 0) is 31.8 Å². The topological polar surface area (TPSA) is 125 Å². The van der Waals surface area contributed by atoms with Crippen LogP contribution < -0.4 is 10.2 Å². The number of carbonyl (C=O) groups is 3. The molecule has 4 atom stereocenters. The van der Waals surface area contributed by atoms with Gasteiger partial charge < -0.3 is 19.5 Å². The number of carbonyl (C=O) groups excluding carboxylic acids is 3. The Balaban J connectivity index is 1.27. The fourth-order valence-corrected chi connectivity index (χ4v) is 7.39. The lowest BCUT2D eigenvalue weighted by Gasteiger charge is -2.33. The van der Waals surface area contributed by atoms with Crippen molar-refractivity contribution in [2.75, 3.05) is 37.5 Å². The van der Waals surface area contributed by atoms with Crippen molar-refractivity contribution in [2.24, 2.45) is 10.2 Å². The molecule has 4 heterocycles. The Kier molecular flexibility index (Phi) is 6.87. The van der Waals surface area contributed by atoms with E-state index in [0.717, 1.165) is 28.8 Å². The summed E-state index contributed by atoms with van der Waals surface area (Å²) in [7, 11) is 2.70. The molecule has 12 heteroatoms. The number of hydrogen-bond donors (Lipinski definition) is 1. The van der Waals surface area contributed by atoms with Gasteiger partial charge in [-0.3, -0.25) is 14.7 Å². The number of ether oxygens (including phenoxy) is 3. The second-order valence-electron chi connectivity index (χ2n) is 11.9. The molecule has 0 saturated carbocycles. The number of amides is 3. The lowest BCUT2D eigenvalue weighted by atomic mass is 9.81. The van der Waals surface area contributed by atoms with E-state index < -0.39 is 23.9 Å². The standard InChI is InChI=1S/C33H34N6O6/c1-32-16-18-37(29(40)43-2)27(32)34-26-23(32)13-9-14-24(26)35-36-33-17-19-38(30(41)44-3)28(33)39(25-15-8-7-12-22(25)33)31(42)45-20-21-10-5-4-6-11-21/h4-15,27-28,34H,16-20H2,1-3H3/t27?,28?,32-,33+/m1/s1. The van der Waals surface area contributed by atoms with Crippen LogP contribution in [0.25, 0.3) is 0 Å². The normalized spacial score (nSPS) is 25.8. The van der Waals surface area contributed by atoms with Gasteiger partial charge in [-0.2, -0.15) is 10.2 Å². The highest BCUT2D eigenvalue weighted by molar-refractivity contribution is 5.94. The predicted molar refractivity (Wildman–Crippen MR) is 164 cm³/mol. The number of fused-ring (bicyclic) bond motifs is 6. The fourth-order valence-electron chi connectivity index (χ4n) is 7.39. The lowest BCUT2D eigenvalue weighted by Crippen LogP contribution is -2.53.